The number of nitrogens with zero attached hydrogens (tertiary/aromatic N) is 5. The molecule has 1 N–H and O–H groups in total. The quantitative estimate of drug-likeness (QED) is 0.516. The number of amides is 2. The molecule has 0 atom stereocenters. The van der Waals surface area contributed by atoms with Gasteiger partial charge in [-0.15, -0.1) is 0 Å². The molecule has 0 unspecified atom stereocenters. The second-order valence-electron chi connectivity index (χ2n) is 8.64. The van der Waals surface area contributed by atoms with Crippen molar-refractivity contribution in [3.05, 3.63) is 64.2 Å². The highest BCUT2D eigenvalue weighted by Crippen LogP contribution is 2.24. The van der Waals surface area contributed by atoms with Crippen molar-refractivity contribution in [3.8, 4) is 5.69 Å². The van der Waals surface area contributed by atoms with Crippen molar-refractivity contribution in [2.24, 2.45) is 7.05 Å². The minimum absolute atomic E-state index is 0.0276. The summed E-state index contributed by atoms with van der Waals surface area (Å²) in [6.45, 7) is 6.03. The molecular formula is C25H32N6O3. The van der Waals surface area contributed by atoms with Gasteiger partial charge in [-0.1, -0.05) is 18.2 Å². The van der Waals surface area contributed by atoms with Gasteiger partial charge < -0.3 is 15.0 Å². The summed E-state index contributed by atoms with van der Waals surface area (Å²) in [5.41, 5.74) is 5.98. The highest BCUT2D eigenvalue weighted by molar-refractivity contribution is 5.94. The maximum Gasteiger partial charge on any atom is 0.272 e. The largest absolute Gasteiger partial charge is 0.385 e. The van der Waals surface area contributed by atoms with E-state index in [1.165, 1.54) is 0 Å². The number of fused-ring (bicyclic) bond motifs is 1. The van der Waals surface area contributed by atoms with Gasteiger partial charge in [0, 0.05) is 69.3 Å². The van der Waals surface area contributed by atoms with Crippen LogP contribution in [0.15, 0.2) is 30.3 Å². The Labute approximate surface area is 199 Å². The van der Waals surface area contributed by atoms with Crippen LogP contribution in [0.5, 0.6) is 0 Å². The topological polar surface area (TPSA) is 94.3 Å². The Morgan fingerprint density at radius 1 is 1.15 bits per heavy atom. The molecule has 1 aliphatic rings. The number of carbonyl (C=O) groups is 2. The zero-order valence-corrected chi connectivity index (χ0v) is 20.3. The molecule has 0 spiro atoms. The number of rotatable bonds is 8. The lowest BCUT2D eigenvalue weighted by Gasteiger charge is -2.27. The predicted octanol–water partition coefficient (Wildman–Crippen LogP) is 2.12. The molecule has 0 saturated heterocycles. The van der Waals surface area contributed by atoms with Gasteiger partial charge in [0.15, 0.2) is 5.69 Å². The second kappa shape index (κ2) is 10.2. The summed E-state index contributed by atoms with van der Waals surface area (Å²) < 4.78 is 8.69. The molecule has 0 radical (unpaired) electrons. The zero-order chi connectivity index (χ0) is 24.2. The monoisotopic (exact) mass is 464 g/mol. The number of methoxy groups -OCH3 is 1. The van der Waals surface area contributed by atoms with E-state index < -0.39 is 0 Å². The summed E-state index contributed by atoms with van der Waals surface area (Å²) >= 11 is 0. The molecule has 3 aromatic rings. The number of aryl methyl sites for hydroxylation is 2. The van der Waals surface area contributed by atoms with Crippen molar-refractivity contribution in [3.63, 3.8) is 0 Å². The van der Waals surface area contributed by atoms with Crippen LogP contribution in [0.4, 0.5) is 0 Å². The molecule has 1 aliphatic heterocycles. The molecular weight excluding hydrogens is 432 g/mol. The van der Waals surface area contributed by atoms with Crippen molar-refractivity contribution in [2.75, 3.05) is 26.8 Å². The van der Waals surface area contributed by atoms with Crippen LogP contribution in [0.3, 0.4) is 0 Å². The Morgan fingerprint density at radius 3 is 2.65 bits per heavy atom. The van der Waals surface area contributed by atoms with E-state index in [0.29, 0.717) is 38.4 Å². The number of nitrogens with one attached hydrogen (secondary N) is 1. The van der Waals surface area contributed by atoms with Crippen LogP contribution in [-0.2, 0) is 36.0 Å². The standard InChI is InChI=1S/C25H32N6O3/c1-17-20(18(2)31(27-17)19-9-6-5-7-10-19)15-23(32)30-13-11-22-21(16-30)24(28-29(22)3)25(33)26-12-8-14-34-4/h5-7,9-10H,8,11-16H2,1-4H3,(H,26,33). The third-order valence-corrected chi connectivity index (χ3v) is 6.39. The Morgan fingerprint density at radius 2 is 1.91 bits per heavy atom. The summed E-state index contributed by atoms with van der Waals surface area (Å²) in [4.78, 5) is 27.9. The van der Waals surface area contributed by atoms with Crippen molar-refractivity contribution in [1.29, 1.82) is 0 Å². The summed E-state index contributed by atoms with van der Waals surface area (Å²) in [7, 11) is 3.49. The first-order valence-electron chi connectivity index (χ1n) is 11.6. The van der Waals surface area contributed by atoms with Gasteiger partial charge in [-0.3, -0.25) is 14.3 Å². The van der Waals surface area contributed by atoms with E-state index in [4.69, 9.17) is 4.74 Å². The Kier molecular flexibility index (Phi) is 7.12. The first-order chi connectivity index (χ1) is 16.4. The van der Waals surface area contributed by atoms with E-state index in [2.05, 4.69) is 15.5 Å². The molecule has 0 bridgehead atoms. The van der Waals surface area contributed by atoms with Gasteiger partial charge in [0.1, 0.15) is 0 Å². The minimum Gasteiger partial charge on any atom is -0.385 e. The number of hydrogen-bond acceptors (Lipinski definition) is 5. The number of ether oxygens (including phenoxy) is 1. The molecule has 0 saturated carbocycles. The Balaban J connectivity index is 1.48. The molecule has 0 fully saturated rings. The molecule has 4 rings (SSSR count). The van der Waals surface area contributed by atoms with Gasteiger partial charge >= 0.3 is 0 Å². The van der Waals surface area contributed by atoms with Crippen LogP contribution in [0.1, 0.15) is 45.1 Å². The molecule has 1 aromatic carbocycles. The van der Waals surface area contributed by atoms with Gasteiger partial charge in [0.2, 0.25) is 5.91 Å². The van der Waals surface area contributed by atoms with Crippen LogP contribution < -0.4 is 5.32 Å². The summed E-state index contributed by atoms with van der Waals surface area (Å²) in [6, 6.07) is 9.92. The van der Waals surface area contributed by atoms with E-state index >= 15 is 0 Å². The van der Waals surface area contributed by atoms with Gasteiger partial charge in [-0.25, -0.2) is 4.68 Å². The fourth-order valence-electron chi connectivity index (χ4n) is 4.50. The SMILES string of the molecule is COCCCNC(=O)c1nn(C)c2c1CN(C(=O)Cc1c(C)nn(-c3ccccc3)c1C)CC2. The minimum atomic E-state index is -0.210. The van der Waals surface area contributed by atoms with E-state index in [0.717, 1.165) is 40.3 Å². The lowest BCUT2D eigenvalue weighted by molar-refractivity contribution is -0.131. The zero-order valence-electron chi connectivity index (χ0n) is 20.3. The third-order valence-electron chi connectivity index (χ3n) is 6.39. The average Bonchev–Trinajstić information content (AvgIpc) is 3.33. The fourth-order valence-corrected chi connectivity index (χ4v) is 4.50. The molecule has 3 heterocycles. The molecule has 2 amide bonds. The van der Waals surface area contributed by atoms with Crippen molar-refractivity contribution in [2.45, 2.75) is 39.7 Å². The second-order valence-corrected chi connectivity index (χ2v) is 8.64. The number of benzene rings is 1. The predicted molar refractivity (Wildman–Crippen MR) is 128 cm³/mol. The molecule has 34 heavy (non-hydrogen) atoms. The normalized spacial score (nSPS) is 13.1. The smallest absolute Gasteiger partial charge is 0.272 e. The van der Waals surface area contributed by atoms with Gasteiger partial charge in [-0.05, 0) is 32.4 Å². The Hall–Kier alpha value is -3.46. The van der Waals surface area contributed by atoms with Crippen LogP contribution in [-0.4, -0.2) is 63.1 Å². The summed E-state index contributed by atoms with van der Waals surface area (Å²) in [5.74, 6) is -0.183. The fraction of sp³-hybridized carbons (Fsp3) is 0.440. The van der Waals surface area contributed by atoms with Crippen LogP contribution >= 0.6 is 0 Å². The van der Waals surface area contributed by atoms with E-state index in [1.54, 1.807) is 11.8 Å². The highest BCUT2D eigenvalue weighted by atomic mass is 16.5. The van der Waals surface area contributed by atoms with E-state index in [-0.39, 0.29) is 18.2 Å². The Bertz CT molecular complexity index is 1180. The van der Waals surface area contributed by atoms with E-state index in [9.17, 15) is 9.59 Å². The summed E-state index contributed by atoms with van der Waals surface area (Å²) in [5, 5.41) is 12.0. The molecule has 2 aromatic heterocycles. The van der Waals surface area contributed by atoms with E-state index in [1.807, 2.05) is 60.8 Å². The average molecular weight is 465 g/mol. The van der Waals surface area contributed by atoms with Gasteiger partial charge in [-0.2, -0.15) is 10.2 Å². The van der Waals surface area contributed by atoms with Crippen LogP contribution in [0.25, 0.3) is 5.69 Å². The molecule has 9 nitrogen and oxygen atoms in total. The number of carbonyl (C=O) groups excluding carboxylic acids is 2. The van der Waals surface area contributed by atoms with Crippen molar-refractivity contribution >= 4 is 11.8 Å². The van der Waals surface area contributed by atoms with Crippen LogP contribution in [0, 0.1) is 13.8 Å². The third kappa shape index (κ3) is 4.75. The number of para-hydroxylation sites is 1. The summed E-state index contributed by atoms with van der Waals surface area (Å²) in [6.07, 6.45) is 1.68. The van der Waals surface area contributed by atoms with Crippen LogP contribution in [0.2, 0.25) is 0 Å². The van der Waals surface area contributed by atoms with Gasteiger partial charge in [0.05, 0.1) is 17.8 Å². The molecule has 0 aliphatic carbocycles. The maximum absolute atomic E-state index is 13.3. The maximum atomic E-state index is 13.3. The van der Waals surface area contributed by atoms with Gasteiger partial charge in [0.25, 0.3) is 5.91 Å². The van der Waals surface area contributed by atoms with Crippen molar-refractivity contribution in [1.82, 2.24) is 29.8 Å². The lowest BCUT2D eigenvalue weighted by atomic mass is 10.0. The highest BCUT2D eigenvalue weighted by Gasteiger charge is 2.30. The first kappa shape index (κ1) is 23.7. The number of aromatic nitrogens is 4. The molecule has 9 heteroatoms. The number of hydrogen-bond donors (Lipinski definition) is 1. The lowest BCUT2D eigenvalue weighted by Crippen LogP contribution is -2.38. The first-order valence-corrected chi connectivity index (χ1v) is 11.6. The van der Waals surface area contributed by atoms with Crippen molar-refractivity contribution < 1.29 is 14.3 Å². The molecule has 180 valence electrons.